The lowest BCUT2D eigenvalue weighted by Crippen LogP contribution is -2.29. The van der Waals surface area contributed by atoms with Crippen molar-refractivity contribution in [3.8, 4) is 0 Å². The van der Waals surface area contributed by atoms with E-state index in [2.05, 4.69) is 69.3 Å². The van der Waals surface area contributed by atoms with E-state index in [1.54, 1.807) is 0 Å². The molecule has 3 heterocycles. The van der Waals surface area contributed by atoms with E-state index in [1.807, 2.05) is 24.5 Å². The standard InChI is InChI=1S/C27H32N6/c1-32(25-14-6-9-21-10-7-17-30-27(21)25)20-26-31-23-12-2-3-13-24(23)33(26)18-8-15-28-19-22-11-4-5-16-29-22/h2-5,7,10-13,16-17,25,28H,6,8-9,14-15,18-20H2,1H3. The van der Waals surface area contributed by atoms with Gasteiger partial charge in [0.15, 0.2) is 0 Å². The number of fused-ring (bicyclic) bond motifs is 2. The number of rotatable bonds is 9. The van der Waals surface area contributed by atoms with Crippen LogP contribution in [0.1, 0.15) is 48.1 Å². The number of imidazole rings is 1. The van der Waals surface area contributed by atoms with Crippen LogP contribution in [-0.4, -0.2) is 38.0 Å². The zero-order chi connectivity index (χ0) is 22.5. The maximum absolute atomic E-state index is 5.02. The van der Waals surface area contributed by atoms with Crippen LogP contribution in [0.15, 0.2) is 67.0 Å². The molecule has 0 fully saturated rings. The highest BCUT2D eigenvalue weighted by atomic mass is 15.2. The van der Waals surface area contributed by atoms with Gasteiger partial charge in [0, 0.05) is 25.5 Å². The van der Waals surface area contributed by atoms with Gasteiger partial charge in [0.25, 0.3) is 0 Å². The van der Waals surface area contributed by atoms with Crippen LogP contribution >= 0.6 is 0 Å². The quantitative estimate of drug-likeness (QED) is 0.388. The van der Waals surface area contributed by atoms with Crippen molar-refractivity contribution in [3.05, 3.63) is 89.8 Å². The molecule has 6 nitrogen and oxygen atoms in total. The first-order valence-corrected chi connectivity index (χ1v) is 12.0. The number of hydrogen-bond acceptors (Lipinski definition) is 5. The number of pyridine rings is 2. The third kappa shape index (κ3) is 4.97. The Morgan fingerprint density at radius 2 is 1.91 bits per heavy atom. The first-order valence-electron chi connectivity index (χ1n) is 12.0. The summed E-state index contributed by atoms with van der Waals surface area (Å²) in [6.07, 6.45) is 8.31. The molecule has 0 spiro atoms. The van der Waals surface area contributed by atoms with Gasteiger partial charge in [-0.1, -0.05) is 24.3 Å². The minimum absolute atomic E-state index is 0.350. The summed E-state index contributed by atoms with van der Waals surface area (Å²) in [7, 11) is 2.21. The monoisotopic (exact) mass is 440 g/mol. The summed E-state index contributed by atoms with van der Waals surface area (Å²) in [4.78, 5) is 16.6. The highest BCUT2D eigenvalue weighted by molar-refractivity contribution is 5.75. The molecule has 6 heteroatoms. The van der Waals surface area contributed by atoms with Crippen LogP contribution in [0, 0.1) is 0 Å². The molecule has 1 aliphatic carbocycles. The van der Waals surface area contributed by atoms with Crippen LogP contribution < -0.4 is 5.32 Å². The van der Waals surface area contributed by atoms with E-state index < -0.39 is 0 Å². The first kappa shape index (κ1) is 21.7. The van der Waals surface area contributed by atoms with E-state index in [9.17, 15) is 0 Å². The van der Waals surface area contributed by atoms with Crippen molar-refractivity contribution in [3.63, 3.8) is 0 Å². The van der Waals surface area contributed by atoms with Gasteiger partial charge in [0.1, 0.15) is 5.82 Å². The van der Waals surface area contributed by atoms with E-state index in [4.69, 9.17) is 9.97 Å². The molecule has 1 unspecified atom stereocenters. The molecule has 170 valence electrons. The van der Waals surface area contributed by atoms with E-state index in [-0.39, 0.29) is 0 Å². The molecule has 0 aliphatic heterocycles. The van der Waals surface area contributed by atoms with Gasteiger partial charge in [-0.05, 0) is 75.2 Å². The lowest BCUT2D eigenvalue weighted by Gasteiger charge is -2.32. The molecule has 33 heavy (non-hydrogen) atoms. The lowest BCUT2D eigenvalue weighted by molar-refractivity contribution is 0.201. The van der Waals surface area contributed by atoms with Gasteiger partial charge >= 0.3 is 0 Å². The summed E-state index contributed by atoms with van der Waals surface area (Å²) < 4.78 is 2.40. The number of nitrogens with zero attached hydrogens (tertiary/aromatic N) is 5. The number of aromatic nitrogens is 4. The molecule has 1 aromatic carbocycles. The molecule has 0 saturated carbocycles. The highest BCUT2D eigenvalue weighted by Crippen LogP contribution is 2.33. The lowest BCUT2D eigenvalue weighted by atomic mass is 9.91. The number of nitrogens with one attached hydrogen (secondary N) is 1. The van der Waals surface area contributed by atoms with Crippen LogP contribution in [0.5, 0.6) is 0 Å². The molecule has 5 rings (SSSR count). The van der Waals surface area contributed by atoms with E-state index in [0.717, 1.165) is 62.5 Å². The maximum atomic E-state index is 5.02. The highest BCUT2D eigenvalue weighted by Gasteiger charge is 2.26. The molecule has 1 N–H and O–H groups in total. The summed E-state index contributed by atoms with van der Waals surface area (Å²) in [6.45, 7) is 3.50. The van der Waals surface area contributed by atoms with Crippen LogP contribution in [0.4, 0.5) is 0 Å². The SMILES string of the molecule is CN(Cc1nc2ccccc2n1CCCNCc1ccccn1)C1CCCc2cccnc21. The van der Waals surface area contributed by atoms with Crippen molar-refractivity contribution < 1.29 is 0 Å². The minimum Gasteiger partial charge on any atom is -0.327 e. The van der Waals surface area contributed by atoms with E-state index in [0.29, 0.717) is 6.04 Å². The fourth-order valence-electron chi connectivity index (χ4n) is 4.92. The largest absolute Gasteiger partial charge is 0.327 e. The van der Waals surface area contributed by atoms with Crippen molar-refractivity contribution in [1.29, 1.82) is 0 Å². The summed E-state index contributed by atoms with van der Waals surface area (Å²) >= 11 is 0. The Hall–Kier alpha value is -3.09. The zero-order valence-electron chi connectivity index (χ0n) is 19.3. The van der Waals surface area contributed by atoms with Crippen molar-refractivity contribution in [2.75, 3.05) is 13.6 Å². The second-order valence-electron chi connectivity index (χ2n) is 8.89. The topological polar surface area (TPSA) is 58.9 Å². The van der Waals surface area contributed by atoms with Crippen LogP contribution in [-0.2, 0) is 26.1 Å². The second-order valence-corrected chi connectivity index (χ2v) is 8.89. The fourth-order valence-corrected chi connectivity index (χ4v) is 4.92. The third-order valence-electron chi connectivity index (χ3n) is 6.59. The Kier molecular flexibility index (Phi) is 6.74. The molecule has 1 aliphatic rings. The summed E-state index contributed by atoms with van der Waals surface area (Å²) in [5, 5.41) is 3.52. The second kappa shape index (κ2) is 10.2. The predicted molar refractivity (Wildman–Crippen MR) is 132 cm³/mol. The Labute approximate surface area is 195 Å². The number of aryl methyl sites for hydroxylation is 2. The fraction of sp³-hybridized carbons (Fsp3) is 0.370. The first-order chi connectivity index (χ1) is 16.3. The number of para-hydroxylation sites is 2. The van der Waals surface area contributed by atoms with Gasteiger partial charge in [-0.25, -0.2) is 4.98 Å². The van der Waals surface area contributed by atoms with Gasteiger partial charge < -0.3 is 9.88 Å². The molecule has 0 radical (unpaired) electrons. The molecule has 3 aromatic heterocycles. The van der Waals surface area contributed by atoms with Gasteiger partial charge in [-0.2, -0.15) is 0 Å². The van der Waals surface area contributed by atoms with E-state index in [1.165, 1.54) is 23.2 Å². The molecule has 0 amide bonds. The Bertz CT molecular complexity index is 1190. The predicted octanol–water partition coefficient (Wildman–Crippen LogP) is 4.52. The smallest absolute Gasteiger partial charge is 0.124 e. The van der Waals surface area contributed by atoms with E-state index >= 15 is 0 Å². The van der Waals surface area contributed by atoms with Gasteiger partial charge in [-0.15, -0.1) is 0 Å². The third-order valence-corrected chi connectivity index (χ3v) is 6.59. The zero-order valence-corrected chi connectivity index (χ0v) is 19.3. The normalized spacial score (nSPS) is 15.8. The van der Waals surface area contributed by atoms with Crippen LogP contribution in [0.3, 0.4) is 0 Å². The molecule has 1 atom stereocenters. The van der Waals surface area contributed by atoms with Crippen molar-refractivity contribution in [2.24, 2.45) is 0 Å². The van der Waals surface area contributed by atoms with Gasteiger partial charge in [0.05, 0.1) is 35.0 Å². The van der Waals surface area contributed by atoms with Crippen molar-refractivity contribution in [1.82, 2.24) is 29.7 Å². The summed E-state index contributed by atoms with van der Waals surface area (Å²) in [5.41, 5.74) is 6.01. The average molecular weight is 441 g/mol. The van der Waals surface area contributed by atoms with Gasteiger partial charge in [0.2, 0.25) is 0 Å². The maximum Gasteiger partial charge on any atom is 0.124 e. The van der Waals surface area contributed by atoms with Crippen molar-refractivity contribution >= 4 is 11.0 Å². The molecular formula is C27H32N6. The molecular weight excluding hydrogens is 408 g/mol. The Balaban J connectivity index is 1.28. The average Bonchev–Trinajstić information content (AvgIpc) is 3.21. The molecule has 4 aromatic rings. The number of hydrogen-bond donors (Lipinski definition) is 1. The van der Waals surface area contributed by atoms with Crippen molar-refractivity contribution in [2.45, 2.75) is 51.4 Å². The van der Waals surface area contributed by atoms with Crippen LogP contribution in [0.25, 0.3) is 11.0 Å². The van der Waals surface area contributed by atoms with Crippen LogP contribution in [0.2, 0.25) is 0 Å². The Morgan fingerprint density at radius 3 is 2.82 bits per heavy atom. The molecule has 0 saturated heterocycles. The Morgan fingerprint density at radius 1 is 1.03 bits per heavy atom. The summed E-state index contributed by atoms with van der Waals surface area (Å²) in [5.74, 6) is 1.13. The summed E-state index contributed by atoms with van der Waals surface area (Å²) in [6, 6.07) is 19.2. The molecule has 0 bridgehead atoms. The number of benzene rings is 1. The van der Waals surface area contributed by atoms with Gasteiger partial charge in [-0.3, -0.25) is 14.9 Å². The minimum atomic E-state index is 0.350.